The van der Waals surface area contributed by atoms with E-state index in [1.54, 1.807) is 14.2 Å². The molecule has 0 bridgehead atoms. The van der Waals surface area contributed by atoms with Gasteiger partial charge in [0, 0.05) is 14.2 Å². The average molecular weight is 167 g/mol. The van der Waals surface area contributed by atoms with Crippen molar-refractivity contribution in [3.8, 4) is 0 Å². The molecule has 2 radical (unpaired) electrons. The van der Waals surface area contributed by atoms with E-state index in [-0.39, 0.29) is 23.9 Å². The zero-order valence-corrected chi connectivity index (χ0v) is 7.15. The van der Waals surface area contributed by atoms with Crippen LogP contribution >= 0.6 is 0 Å². The third-order valence-electron chi connectivity index (χ3n) is 0. The van der Waals surface area contributed by atoms with Gasteiger partial charge in [-0.05, 0) is 0 Å². The third-order valence-corrected chi connectivity index (χ3v) is 0. The summed E-state index contributed by atoms with van der Waals surface area (Å²) in [4.78, 5) is 0. The van der Waals surface area contributed by atoms with Crippen LogP contribution in [0.3, 0.4) is 0 Å². The zero-order chi connectivity index (χ0) is 2.71. The Balaban J connectivity index is 0. The van der Waals surface area contributed by atoms with E-state index in [4.69, 9.17) is 0 Å². The minimum absolute atomic E-state index is 0. The van der Waals surface area contributed by atoms with Gasteiger partial charge in [-0.25, -0.2) is 0 Å². The monoisotopic (exact) mass is 168 g/mol. The van der Waals surface area contributed by atoms with E-state index in [2.05, 4.69) is 4.74 Å². The molecule has 0 unspecified atom stereocenters. The number of hydrogen-bond donors (Lipinski definition) is 0. The van der Waals surface area contributed by atoms with Crippen molar-refractivity contribution in [3.05, 3.63) is 0 Å². The first kappa shape index (κ1) is 8.83. The summed E-state index contributed by atoms with van der Waals surface area (Å²) in [6, 6.07) is 0. The summed E-state index contributed by atoms with van der Waals surface area (Å²) in [5, 5.41) is 0. The van der Waals surface area contributed by atoms with E-state index in [0.717, 1.165) is 0 Å². The average Bonchev–Trinajstić information content (AvgIpc) is 0.918. The fourth-order valence-electron chi connectivity index (χ4n) is 0. The Morgan fingerprint density at radius 2 is 1.25 bits per heavy atom. The van der Waals surface area contributed by atoms with Crippen molar-refractivity contribution in [1.29, 1.82) is 0 Å². The van der Waals surface area contributed by atoms with Crippen LogP contribution in [0.25, 0.3) is 0 Å². The number of hydrogen-bond acceptors (Lipinski definition) is 1. The summed E-state index contributed by atoms with van der Waals surface area (Å²) in [6.45, 7) is 0. The van der Waals surface area contributed by atoms with Crippen molar-refractivity contribution in [1.82, 2.24) is 0 Å². The molecule has 0 aliphatic rings. The Morgan fingerprint density at radius 3 is 1.25 bits per heavy atom. The normalized spacial score (nSPS) is 4.50. The van der Waals surface area contributed by atoms with Crippen LogP contribution in [0.5, 0.6) is 0 Å². The van der Waals surface area contributed by atoms with Gasteiger partial charge < -0.3 is 4.74 Å². The summed E-state index contributed by atoms with van der Waals surface area (Å²) in [5.74, 6) is 0. The van der Waals surface area contributed by atoms with Gasteiger partial charge in [-0.2, -0.15) is 0 Å². The maximum absolute atomic E-state index is 4.25. The molecule has 1 nitrogen and oxygen atoms in total. The molecule has 0 fully saturated rings. The Morgan fingerprint density at radius 1 is 1.25 bits per heavy atom. The molecule has 0 N–H and O–H groups in total. The summed E-state index contributed by atoms with van der Waals surface area (Å²) >= 11 is 0. The fourth-order valence-corrected chi connectivity index (χ4v) is 0. The molecular weight excluding hydrogens is 159 g/mol. The molecule has 0 aliphatic carbocycles. The fraction of sp³-hybridized carbons (Fsp3) is 1.00. The molecule has 0 amide bonds. The molecule has 2 heteroatoms. The SMILES string of the molecule is COC.[SnH2]. The van der Waals surface area contributed by atoms with Gasteiger partial charge in [0.15, 0.2) is 0 Å². The molecule has 0 aromatic carbocycles. The van der Waals surface area contributed by atoms with Gasteiger partial charge in [0.25, 0.3) is 0 Å². The molecule has 0 spiro atoms. The molecule has 0 saturated carbocycles. The molecule has 0 rings (SSSR count). The molecule has 0 aromatic rings. The maximum atomic E-state index is 4.25. The van der Waals surface area contributed by atoms with E-state index < -0.39 is 0 Å². The predicted octanol–water partition coefficient (Wildman–Crippen LogP) is -0.654. The second-order valence-electron chi connectivity index (χ2n) is 0.408. The minimum atomic E-state index is 0. The van der Waals surface area contributed by atoms with Crippen molar-refractivity contribution in [2.45, 2.75) is 0 Å². The van der Waals surface area contributed by atoms with Crippen molar-refractivity contribution < 1.29 is 4.74 Å². The van der Waals surface area contributed by atoms with E-state index in [9.17, 15) is 0 Å². The van der Waals surface area contributed by atoms with Gasteiger partial charge in [-0.3, -0.25) is 0 Å². The van der Waals surface area contributed by atoms with Crippen LogP contribution in [0, 0.1) is 0 Å². The van der Waals surface area contributed by atoms with Crippen LogP contribution < -0.4 is 0 Å². The molecule has 0 heterocycles. The molecule has 4 heavy (non-hydrogen) atoms. The van der Waals surface area contributed by atoms with Gasteiger partial charge in [-0.15, -0.1) is 0 Å². The van der Waals surface area contributed by atoms with Crippen molar-refractivity contribution in [2.75, 3.05) is 14.2 Å². The van der Waals surface area contributed by atoms with Gasteiger partial charge in [0.1, 0.15) is 0 Å². The molecule has 0 saturated heterocycles. The van der Waals surface area contributed by atoms with Gasteiger partial charge in [0.05, 0.1) is 0 Å². The molecular formula is C2H8OSn. The number of methoxy groups -OCH3 is 1. The summed E-state index contributed by atoms with van der Waals surface area (Å²) in [5.41, 5.74) is 0. The van der Waals surface area contributed by atoms with Crippen LogP contribution in [0.4, 0.5) is 0 Å². The molecule has 26 valence electrons. The number of rotatable bonds is 0. The van der Waals surface area contributed by atoms with E-state index >= 15 is 0 Å². The second kappa shape index (κ2) is 9.25. The van der Waals surface area contributed by atoms with Crippen molar-refractivity contribution in [2.24, 2.45) is 0 Å². The Labute approximate surface area is 43.3 Å². The summed E-state index contributed by atoms with van der Waals surface area (Å²) < 4.78 is 4.25. The second-order valence-corrected chi connectivity index (χ2v) is 0.408. The van der Waals surface area contributed by atoms with Gasteiger partial charge in [0.2, 0.25) is 0 Å². The first-order valence-electron chi connectivity index (χ1n) is 0.816. The first-order valence-corrected chi connectivity index (χ1v) is 0.816. The number of ether oxygens (including phenoxy) is 1. The van der Waals surface area contributed by atoms with Crippen LogP contribution in [0.15, 0.2) is 0 Å². The van der Waals surface area contributed by atoms with Crippen LogP contribution in [-0.4, -0.2) is 38.1 Å². The topological polar surface area (TPSA) is 9.23 Å². The van der Waals surface area contributed by atoms with Gasteiger partial charge >= 0.3 is 23.9 Å². The zero-order valence-electron chi connectivity index (χ0n) is 3.12. The quantitative estimate of drug-likeness (QED) is 0.435. The molecule has 0 atom stereocenters. The van der Waals surface area contributed by atoms with E-state index in [1.807, 2.05) is 0 Å². The van der Waals surface area contributed by atoms with Crippen LogP contribution in [0.2, 0.25) is 0 Å². The Hall–Kier alpha value is 0.759. The third kappa shape index (κ3) is 14.8. The van der Waals surface area contributed by atoms with Crippen molar-refractivity contribution in [3.63, 3.8) is 0 Å². The standard InChI is InChI=1S/C2H6O.Sn.2H/c1-3-2;;;/h1-2H3;;;. The summed E-state index contributed by atoms with van der Waals surface area (Å²) in [7, 11) is 3.25. The molecule has 0 aromatic heterocycles. The van der Waals surface area contributed by atoms with Crippen molar-refractivity contribution >= 4 is 23.9 Å². The molecule has 0 aliphatic heterocycles. The van der Waals surface area contributed by atoms with E-state index in [0.29, 0.717) is 0 Å². The van der Waals surface area contributed by atoms with Crippen LogP contribution in [-0.2, 0) is 4.74 Å². The Bertz CT molecular complexity index is 6.00. The van der Waals surface area contributed by atoms with Crippen LogP contribution in [0.1, 0.15) is 0 Å². The van der Waals surface area contributed by atoms with Gasteiger partial charge in [-0.1, -0.05) is 0 Å². The van der Waals surface area contributed by atoms with E-state index in [1.165, 1.54) is 0 Å². The predicted molar refractivity (Wildman–Crippen MR) is 21.5 cm³/mol. The Kier molecular flexibility index (Phi) is 20.4. The summed E-state index contributed by atoms with van der Waals surface area (Å²) in [6.07, 6.45) is 0. The first-order chi connectivity index (χ1) is 1.41.